The summed E-state index contributed by atoms with van der Waals surface area (Å²) in [5.41, 5.74) is -0.421. The van der Waals surface area contributed by atoms with Gasteiger partial charge in [0.1, 0.15) is 5.75 Å². The fourth-order valence-electron chi connectivity index (χ4n) is 1.80. The first kappa shape index (κ1) is 14.8. The van der Waals surface area contributed by atoms with Crippen LogP contribution in [0.25, 0.3) is 0 Å². The molecule has 0 fully saturated rings. The molecular weight excluding hydrogens is 243 g/mol. The molecule has 2 nitrogen and oxygen atoms in total. The third-order valence-electron chi connectivity index (χ3n) is 2.89. The lowest BCUT2D eigenvalue weighted by molar-refractivity contribution is -0.138. The van der Waals surface area contributed by atoms with E-state index in [1.807, 2.05) is 25.7 Å². The second kappa shape index (κ2) is 5.61. The number of aromatic hydroxyl groups is 1. The van der Waals surface area contributed by atoms with E-state index < -0.39 is 17.5 Å². The van der Waals surface area contributed by atoms with Gasteiger partial charge in [0.05, 0.1) is 5.56 Å². The van der Waals surface area contributed by atoms with Gasteiger partial charge in [0.2, 0.25) is 0 Å². The fourth-order valence-corrected chi connectivity index (χ4v) is 1.80. The van der Waals surface area contributed by atoms with E-state index in [0.29, 0.717) is 12.1 Å². The molecule has 0 unspecified atom stereocenters. The van der Waals surface area contributed by atoms with E-state index in [9.17, 15) is 18.3 Å². The van der Waals surface area contributed by atoms with E-state index in [1.54, 1.807) is 0 Å². The van der Waals surface area contributed by atoms with Gasteiger partial charge in [0.25, 0.3) is 0 Å². The van der Waals surface area contributed by atoms with Crippen molar-refractivity contribution >= 4 is 0 Å². The number of halogens is 3. The highest BCUT2D eigenvalue weighted by Gasteiger charge is 2.34. The fraction of sp³-hybridized carbons (Fsp3) is 0.538. The molecule has 0 saturated heterocycles. The minimum Gasteiger partial charge on any atom is -0.507 e. The van der Waals surface area contributed by atoms with Gasteiger partial charge in [-0.2, -0.15) is 13.2 Å². The summed E-state index contributed by atoms with van der Waals surface area (Å²) in [6, 6.07) is 3.90. The Kier molecular flexibility index (Phi) is 4.62. The van der Waals surface area contributed by atoms with Gasteiger partial charge in [-0.25, -0.2) is 0 Å². The molecule has 0 radical (unpaired) electrons. The lowest BCUT2D eigenvalue weighted by Crippen LogP contribution is -2.30. The van der Waals surface area contributed by atoms with E-state index in [4.69, 9.17) is 0 Å². The summed E-state index contributed by atoms with van der Waals surface area (Å²) in [7, 11) is 0. The Labute approximate surface area is 105 Å². The van der Waals surface area contributed by atoms with Crippen LogP contribution in [-0.2, 0) is 12.7 Å². The van der Waals surface area contributed by atoms with Crippen molar-refractivity contribution in [2.24, 2.45) is 0 Å². The second-order valence-electron chi connectivity index (χ2n) is 4.51. The molecule has 1 N–H and O–H groups in total. The zero-order valence-electron chi connectivity index (χ0n) is 10.8. The van der Waals surface area contributed by atoms with Gasteiger partial charge in [-0.15, -0.1) is 0 Å². The standard InChI is InChI=1S/C13H18F3NO/c1-4-17(9(2)3)8-10-5-6-12(18)11(7-10)13(14,15)16/h5-7,9,18H,4,8H2,1-3H3. The van der Waals surface area contributed by atoms with Crippen LogP contribution in [0.4, 0.5) is 13.2 Å². The number of rotatable bonds is 4. The van der Waals surface area contributed by atoms with Crippen molar-refractivity contribution in [2.45, 2.75) is 39.5 Å². The van der Waals surface area contributed by atoms with Crippen LogP contribution in [0, 0.1) is 0 Å². The highest BCUT2D eigenvalue weighted by molar-refractivity contribution is 5.38. The van der Waals surface area contributed by atoms with Crippen molar-refractivity contribution < 1.29 is 18.3 Å². The quantitative estimate of drug-likeness (QED) is 0.894. The second-order valence-corrected chi connectivity index (χ2v) is 4.51. The molecule has 0 aliphatic rings. The summed E-state index contributed by atoms with van der Waals surface area (Å²) < 4.78 is 37.9. The Morgan fingerprint density at radius 3 is 2.33 bits per heavy atom. The van der Waals surface area contributed by atoms with E-state index in [2.05, 4.69) is 0 Å². The normalized spacial score (nSPS) is 12.4. The number of hydrogen-bond acceptors (Lipinski definition) is 2. The van der Waals surface area contributed by atoms with Gasteiger partial charge >= 0.3 is 6.18 Å². The smallest absolute Gasteiger partial charge is 0.419 e. The number of alkyl halides is 3. The van der Waals surface area contributed by atoms with Crippen molar-refractivity contribution in [2.75, 3.05) is 6.54 Å². The van der Waals surface area contributed by atoms with Crippen LogP contribution in [0.2, 0.25) is 0 Å². The number of hydrogen-bond donors (Lipinski definition) is 1. The van der Waals surface area contributed by atoms with Gasteiger partial charge in [-0.3, -0.25) is 4.90 Å². The number of phenolic OH excluding ortho intramolecular Hbond substituents is 1. The molecule has 0 aliphatic carbocycles. The van der Waals surface area contributed by atoms with Crippen LogP contribution in [0.3, 0.4) is 0 Å². The molecule has 0 spiro atoms. The first-order valence-electron chi connectivity index (χ1n) is 5.88. The third kappa shape index (κ3) is 3.63. The molecule has 0 heterocycles. The van der Waals surface area contributed by atoms with Crippen LogP contribution < -0.4 is 0 Å². The highest BCUT2D eigenvalue weighted by Crippen LogP contribution is 2.36. The van der Waals surface area contributed by atoms with Crippen LogP contribution >= 0.6 is 0 Å². The highest BCUT2D eigenvalue weighted by atomic mass is 19.4. The molecule has 1 aromatic rings. The van der Waals surface area contributed by atoms with E-state index in [1.165, 1.54) is 6.07 Å². The van der Waals surface area contributed by atoms with Crippen LogP contribution in [0.1, 0.15) is 31.9 Å². The van der Waals surface area contributed by atoms with E-state index in [0.717, 1.165) is 18.7 Å². The van der Waals surface area contributed by atoms with Crippen molar-refractivity contribution in [1.82, 2.24) is 4.90 Å². The van der Waals surface area contributed by atoms with Gasteiger partial charge < -0.3 is 5.11 Å². The largest absolute Gasteiger partial charge is 0.507 e. The van der Waals surface area contributed by atoms with Gasteiger partial charge in [-0.05, 0) is 38.1 Å². The maximum Gasteiger partial charge on any atom is 0.419 e. The topological polar surface area (TPSA) is 23.5 Å². The first-order valence-corrected chi connectivity index (χ1v) is 5.88. The summed E-state index contributed by atoms with van der Waals surface area (Å²) in [5.74, 6) is -0.723. The Morgan fingerprint density at radius 2 is 1.89 bits per heavy atom. The predicted octanol–water partition coefficient (Wildman–Crippen LogP) is 3.64. The zero-order chi connectivity index (χ0) is 13.9. The monoisotopic (exact) mass is 261 g/mol. The van der Waals surface area contributed by atoms with Gasteiger partial charge in [0.15, 0.2) is 0 Å². The molecular formula is C13H18F3NO. The summed E-state index contributed by atoms with van der Waals surface area (Å²) in [6.45, 7) is 7.16. The molecule has 1 rings (SSSR count). The SMILES string of the molecule is CCN(Cc1ccc(O)c(C(F)(F)F)c1)C(C)C. The Morgan fingerprint density at radius 1 is 1.28 bits per heavy atom. The molecule has 0 aliphatic heterocycles. The minimum absolute atomic E-state index is 0.262. The van der Waals surface area contributed by atoms with E-state index >= 15 is 0 Å². The molecule has 0 saturated carbocycles. The molecule has 0 amide bonds. The van der Waals surface area contributed by atoms with E-state index in [-0.39, 0.29) is 6.04 Å². The maximum absolute atomic E-state index is 12.6. The van der Waals surface area contributed by atoms with Crippen molar-refractivity contribution in [1.29, 1.82) is 0 Å². The van der Waals surface area contributed by atoms with Crippen LogP contribution in [0.5, 0.6) is 5.75 Å². The van der Waals surface area contributed by atoms with Crippen molar-refractivity contribution in [3.8, 4) is 5.75 Å². The summed E-state index contributed by atoms with van der Waals surface area (Å²) in [5, 5.41) is 9.24. The lowest BCUT2D eigenvalue weighted by atomic mass is 10.1. The maximum atomic E-state index is 12.6. The molecule has 1 aromatic carbocycles. The Bertz CT molecular complexity index is 402. The average molecular weight is 261 g/mol. The molecule has 5 heteroatoms. The van der Waals surface area contributed by atoms with Crippen LogP contribution in [0.15, 0.2) is 18.2 Å². The lowest BCUT2D eigenvalue weighted by Gasteiger charge is -2.25. The van der Waals surface area contributed by atoms with Crippen molar-refractivity contribution in [3.63, 3.8) is 0 Å². The number of nitrogens with zero attached hydrogens (tertiary/aromatic N) is 1. The molecule has 102 valence electrons. The summed E-state index contributed by atoms with van der Waals surface area (Å²) in [6.07, 6.45) is -4.52. The number of phenols is 1. The van der Waals surface area contributed by atoms with Crippen molar-refractivity contribution in [3.05, 3.63) is 29.3 Å². The first-order chi connectivity index (χ1) is 8.25. The van der Waals surface area contributed by atoms with Gasteiger partial charge in [0, 0.05) is 12.6 Å². The zero-order valence-corrected chi connectivity index (χ0v) is 10.8. The summed E-state index contributed by atoms with van der Waals surface area (Å²) in [4.78, 5) is 2.05. The molecule has 0 aromatic heterocycles. The minimum atomic E-state index is -4.52. The Hall–Kier alpha value is -1.23. The summed E-state index contributed by atoms with van der Waals surface area (Å²) >= 11 is 0. The third-order valence-corrected chi connectivity index (χ3v) is 2.89. The Balaban J connectivity index is 2.99. The molecule has 0 atom stereocenters. The molecule has 18 heavy (non-hydrogen) atoms. The number of benzene rings is 1. The molecule has 0 bridgehead atoms. The average Bonchev–Trinajstić information content (AvgIpc) is 2.25. The van der Waals surface area contributed by atoms with Gasteiger partial charge in [-0.1, -0.05) is 13.0 Å². The van der Waals surface area contributed by atoms with Crippen LogP contribution in [-0.4, -0.2) is 22.6 Å². The predicted molar refractivity (Wildman–Crippen MR) is 64.3 cm³/mol.